The molecule has 0 aliphatic carbocycles. The van der Waals surface area contributed by atoms with Crippen molar-refractivity contribution in [3.8, 4) is 0 Å². The average molecular weight is 349 g/mol. The van der Waals surface area contributed by atoms with Crippen LogP contribution in [0.2, 0.25) is 0 Å². The van der Waals surface area contributed by atoms with Gasteiger partial charge >= 0.3 is 0 Å². The molecule has 0 bridgehead atoms. The standard InChI is InChI=1S/3C4H10O.ClH.Zr/c3*1-2-3-4-5;;/h3*5H,2-4H2,1H3;1H;/p-1. The van der Waals surface area contributed by atoms with E-state index in [4.69, 9.17) is 15.3 Å². The minimum Gasteiger partial charge on any atom is -1.00 e. The summed E-state index contributed by atoms with van der Waals surface area (Å²) < 4.78 is 0. The van der Waals surface area contributed by atoms with Crippen molar-refractivity contribution in [2.24, 2.45) is 0 Å². The summed E-state index contributed by atoms with van der Waals surface area (Å²) in [4.78, 5) is 0. The maximum Gasteiger partial charge on any atom is 0.0430 e. The Kier molecular flexibility index (Phi) is 78.8. The second-order valence-corrected chi connectivity index (χ2v) is 3.23. The van der Waals surface area contributed by atoms with E-state index in [1.807, 2.05) is 0 Å². The molecule has 0 aliphatic rings. The summed E-state index contributed by atoms with van der Waals surface area (Å²) in [6.45, 7) is 7.19. The van der Waals surface area contributed by atoms with Gasteiger partial charge < -0.3 is 27.7 Å². The molecule has 0 aromatic heterocycles. The normalized spacial score (nSPS) is 7.41. The van der Waals surface area contributed by atoms with Crippen LogP contribution in [-0.2, 0) is 26.2 Å². The molecule has 0 aliphatic heterocycles. The quantitative estimate of drug-likeness (QED) is 0.597. The van der Waals surface area contributed by atoms with Gasteiger partial charge in [-0.25, -0.2) is 0 Å². The van der Waals surface area contributed by atoms with Crippen LogP contribution < -0.4 is 12.4 Å². The number of hydrogen-bond donors (Lipinski definition) is 3. The van der Waals surface area contributed by atoms with Crippen LogP contribution >= 0.6 is 0 Å². The van der Waals surface area contributed by atoms with Crippen molar-refractivity contribution in [1.29, 1.82) is 0 Å². The van der Waals surface area contributed by atoms with Crippen LogP contribution in [-0.4, -0.2) is 35.1 Å². The number of halogens is 1. The van der Waals surface area contributed by atoms with Crippen molar-refractivity contribution in [3.05, 3.63) is 0 Å². The first-order valence-corrected chi connectivity index (χ1v) is 6.07. The van der Waals surface area contributed by atoms with Crippen molar-refractivity contribution in [3.63, 3.8) is 0 Å². The zero-order valence-corrected chi connectivity index (χ0v) is 14.8. The van der Waals surface area contributed by atoms with Gasteiger partial charge in [0.1, 0.15) is 0 Å². The third-order valence-electron chi connectivity index (χ3n) is 1.54. The summed E-state index contributed by atoms with van der Waals surface area (Å²) in [5.74, 6) is 0. The van der Waals surface area contributed by atoms with E-state index in [0.717, 1.165) is 38.5 Å². The largest absolute Gasteiger partial charge is 1.00 e. The molecule has 0 aromatic rings. The van der Waals surface area contributed by atoms with Gasteiger partial charge in [-0.2, -0.15) is 0 Å². The molecule has 108 valence electrons. The molecular formula is C12H30ClO3Zr-. The summed E-state index contributed by atoms with van der Waals surface area (Å²) in [6, 6.07) is 0. The van der Waals surface area contributed by atoms with Gasteiger partial charge in [0, 0.05) is 46.0 Å². The molecule has 0 atom stereocenters. The Morgan fingerprint density at radius 2 is 0.765 bits per heavy atom. The van der Waals surface area contributed by atoms with E-state index < -0.39 is 0 Å². The Bertz CT molecular complexity index is 58.5. The van der Waals surface area contributed by atoms with E-state index in [1.165, 1.54) is 0 Å². The molecule has 0 radical (unpaired) electrons. The third-order valence-corrected chi connectivity index (χ3v) is 1.54. The molecule has 0 saturated heterocycles. The van der Waals surface area contributed by atoms with Gasteiger partial charge in [-0.05, 0) is 19.3 Å². The fraction of sp³-hybridized carbons (Fsp3) is 1.00. The Hall–Kier alpha value is 1.05. The number of hydrogen-bond acceptors (Lipinski definition) is 3. The number of aliphatic hydroxyl groups excluding tert-OH is 3. The molecule has 17 heavy (non-hydrogen) atoms. The second kappa shape index (κ2) is 43.5. The fourth-order valence-electron chi connectivity index (χ4n) is 0.474. The Morgan fingerprint density at radius 1 is 0.588 bits per heavy atom. The van der Waals surface area contributed by atoms with Gasteiger partial charge in [-0.3, -0.25) is 0 Å². The summed E-state index contributed by atoms with van der Waals surface area (Å²) in [5.41, 5.74) is 0. The molecule has 0 amide bonds. The topological polar surface area (TPSA) is 60.7 Å². The van der Waals surface area contributed by atoms with E-state index in [9.17, 15) is 0 Å². The van der Waals surface area contributed by atoms with Crippen LogP contribution in [0.5, 0.6) is 0 Å². The summed E-state index contributed by atoms with van der Waals surface area (Å²) in [5, 5.41) is 24.2. The summed E-state index contributed by atoms with van der Waals surface area (Å²) in [6.07, 6.45) is 6.11. The monoisotopic (exact) mass is 347 g/mol. The first-order chi connectivity index (χ1) is 7.24. The molecule has 0 saturated carbocycles. The van der Waals surface area contributed by atoms with Gasteiger partial charge in [-0.15, -0.1) is 0 Å². The van der Waals surface area contributed by atoms with Crippen LogP contribution in [0.25, 0.3) is 0 Å². The first-order valence-electron chi connectivity index (χ1n) is 6.07. The minimum absolute atomic E-state index is 0. The van der Waals surface area contributed by atoms with Crippen molar-refractivity contribution >= 4 is 0 Å². The van der Waals surface area contributed by atoms with Gasteiger partial charge in [-0.1, -0.05) is 40.0 Å². The van der Waals surface area contributed by atoms with Gasteiger partial charge in [0.2, 0.25) is 0 Å². The van der Waals surface area contributed by atoms with Gasteiger partial charge in [0.05, 0.1) is 0 Å². The predicted octanol–water partition coefficient (Wildman–Crippen LogP) is -0.662. The number of aliphatic hydroxyl groups is 3. The number of rotatable bonds is 6. The van der Waals surface area contributed by atoms with Gasteiger partial charge in [0.25, 0.3) is 0 Å². The molecular weight excluding hydrogens is 319 g/mol. The molecule has 0 rings (SSSR count). The first kappa shape index (κ1) is 30.8. The number of unbranched alkanes of at least 4 members (excludes halogenated alkanes) is 3. The smallest absolute Gasteiger partial charge is 0.0430 e. The molecule has 0 spiro atoms. The third kappa shape index (κ3) is 77.7. The molecule has 0 unspecified atom stereocenters. The van der Waals surface area contributed by atoms with Crippen molar-refractivity contribution in [2.45, 2.75) is 59.3 Å². The van der Waals surface area contributed by atoms with Crippen LogP contribution in [0.1, 0.15) is 59.3 Å². The molecule has 3 N–H and O–H groups in total. The Balaban J connectivity index is -0.0000000400. The van der Waals surface area contributed by atoms with Crippen molar-refractivity contribution in [1.82, 2.24) is 0 Å². The van der Waals surface area contributed by atoms with E-state index in [1.54, 1.807) is 0 Å². The van der Waals surface area contributed by atoms with Crippen molar-refractivity contribution < 1.29 is 53.9 Å². The fourth-order valence-corrected chi connectivity index (χ4v) is 0.474. The van der Waals surface area contributed by atoms with E-state index in [-0.39, 0.29) is 38.6 Å². The minimum atomic E-state index is 0. The second-order valence-electron chi connectivity index (χ2n) is 3.23. The van der Waals surface area contributed by atoms with Crippen LogP contribution in [0.3, 0.4) is 0 Å². The Labute approximate surface area is 133 Å². The van der Waals surface area contributed by atoms with Crippen LogP contribution in [0.15, 0.2) is 0 Å². The van der Waals surface area contributed by atoms with E-state index in [0.29, 0.717) is 19.8 Å². The van der Waals surface area contributed by atoms with Crippen LogP contribution in [0.4, 0.5) is 0 Å². The van der Waals surface area contributed by atoms with Gasteiger partial charge in [0.15, 0.2) is 0 Å². The molecule has 5 heteroatoms. The van der Waals surface area contributed by atoms with Crippen LogP contribution in [0, 0.1) is 0 Å². The predicted molar refractivity (Wildman–Crippen MR) is 66.0 cm³/mol. The van der Waals surface area contributed by atoms with Crippen molar-refractivity contribution in [2.75, 3.05) is 19.8 Å². The molecule has 0 aromatic carbocycles. The summed E-state index contributed by atoms with van der Waals surface area (Å²) in [7, 11) is 0. The molecule has 0 heterocycles. The van der Waals surface area contributed by atoms with E-state index in [2.05, 4.69) is 20.8 Å². The zero-order chi connectivity index (χ0) is 12.4. The zero-order valence-electron chi connectivity index (χ0n) is 11.6. The SMILES string of the molecule is CCCCO.CCCCO.CCCCO.[Cl-].[Zr]. The average Bonchev–Trinajstić information content (AvgIpc) is 2.23. The Morgan fingerprint density at radius 3 is 0.765 bits per heavy atom. The maximum atomic E-state index is 8.07. The summed E-state index contributed by atoms with van der Waals surface area (Å²) >= 11 is 0. The molecule has 3 nitrogen and oxygen atoms in total. The maximum absolute atomic E-state index is 8.07. The van der Waals surface area contributed by atoms with E-state index >= 15 is 0 Å². The molecule has 0 fully saturated rings.